The number of carbonyl (C=O) groups is 4. The summed E-state index contributed by atoms with van der Waals surface area (Å²) in [6.07, 6.45) is 66.3. The molecule has 3 N–H and O–H groups in total. The van der Waals surface area contributed by atoms with Gasteiger partial charge in [-0.05, 0) is 128 Å². The fraction of sp³-hybridized carbons (Fsp3) is 0.522. The lowest BCUT2D eigenvalue weighted by atomic mass is 9.98. The average Bonchev–Trinajstić information content (AvgIpc) is 3.44. The van der Waals surface area contributed by atoms with Crippen molar-refractivity contribution in [1.29, 1.82) is 0 Å². The molecule has 79 heavy (non-hydrogen) atoms. The highest BCUT2D eigenvalue weighted by molar-refractivity contribution is 5.74. The van der Waals surface area contributed by atoms with Crippen molar-refractivity contribution < 1.29 is 58.2 Å². The van der Waals surface area contributed by atoms with Crippen molar-refractivity contribution in [2.45, 2.75) is 212 Å². The van der Waals surface area contributed by atoms with Gasteiger partial charge in [0.25, 0.3) is 0 Å². The van der Waals surface area contributed by atoms with Crippen molar-refractivity contribution in [3.8, 4) is 0 Å². The molecule has 0 aromatic heterocycles. The highest BCUT2D eigenvalue weighted by Gasteiger charge is 2.50. The number of carboxylic acids is 1. The molecule has 0 spiro atoms. The Morgan fingerprint density at radius 2 is 0.797 bits per heavy atom. The Hall–Kier alpha value is -5.92. The van der Waals surface area contributed by atoms with Crippen LogP contribution in [0, 0.1) is 0 Å². The van der Waals surface area contributed by atoms with Crippen molar-refractivity contribution >= 4 is 23.9 Å². The zero-order valence-electron chi connectivity index (χ0n) is 48.0. The maximum Gasteiger partial charge on any atom is 0.335 e. The molecule has 438 valence electrons. The van der Waals surface area contributed by atoms with Crippen LogP contribution in [0.1, 0.15) is 175 Å². The second-order valence-corrected chi connectivity index (χ2v) is 18.8. The fourth-order valence-corrected chi connectivity index (χ4v) is 7.44. The van der Waals surface area contributed by atoms with Crippen molar-refractivity contribution in [2.75, 3.05) is 13.2 Å². The van der Waals surface area contributed by atoms with Crippen LogP contribution in [-0.4, -0.2) is 89.2 Å². The van der Waals surface area contributed by atoms with Gasteiger partial charge in [0.05, 0.1) is 6.61 Å². The van der Waals surface area contributed by atoms with Crippen LogP contribution in [0.2, 0.25) is 0 Å². The molecule has 0 aliphatic carbocycles. The smallest absolute Gasteiger partial charge is 0.335 e. The lowest BCUT2D eigenvalue weighted by molar-refractivity contribution is -0.301. The van der Waals surface area contributed by atoms with E-state index in [0.29, 0.717) is 32.1 Å². The molecule has 0 amide bonds. The van der Waals surface area contributed by atoms with Gasteiger partial charge in [-0.25, -0.2) is 4.79 Å². The highest BCUT2D eigenvalue weighted by atomic mass is 16.7. The first-order valence-corrected chi connectivity index (χ1v) is 29.1. The number of aliphatic hydroxyl groups excluding tert-OH is 2. The summed E-state index contributed by atoms with van der Waals surface area (Å²) in [6, 6.07) is 0. The number of esters is 3. The van der Waals surface area contributed by atoms with Crippen LogP contribution in [0.5, 0.6) is 0 Å². The predicted octanol–water partition coefficient (Wildman–Crippen LogP) is 15.1. The molecule has 0 bridgehead atoms. The third kappa shape index (κ3) is 42.7. The van der Waals surface area contributed by atoms with Crippen LogP contribution < -0.4 is 0 Å². The highest BCUT2D eigenvalue weighted by Crippen LogP contribution is 2.26. The number of hydrogen-bond donors (Lipinski definition) is 3. The first kappa shape index (κ1) is 71.1. The summed E-state index contributed by atoms with van der Waals surface area (Å²) < 4.78 is 28.2. The minimum atomic E-state index is -1.94. The van der Waals surface area contributed by atoms with E-state index < -0.39 is 73.9 Å². The van der Waals surface area contributed by atoms with Crippen LogP contribution in [0.25, 0.3) is 0 Å². The van der Waals surface area contributed by atoms with Crippen LogP contribution in [-0.2, 0) is 42.9 Å². The molecule has 6 unspecified atom stereocenters. The van der Waals surface area contributed by atoms with Gasteiger partial charge in [-0.15, -0.1) is 0 Å². The summed E-state index contributed by atoms with van der Waals surface area (Å²) in [5.41, 5.74) is 0. The van der Waals surface area contributed by atoms with Gasteiger partial charge in [-0.2, -0.15) is 0 Å². The van der Waals surface area contributed by atoms with Crippen molar-refractivity contribution in [3.05, 3.63) is 170 Å². The van der Waals surface area contributed by atoms with Crippen molar-refractivity contribution in [2.24, 2.45) is 0 Å². The molecule has 0 aromatic rings. The summed E-state index contributed by atoms with van der Waals surface area (Å²) in [5, 5.41) is 31.4. The van der Waals surface area contributed by atoms with Gasteiger partial charge >= 0.3 is 23.9 Å². The van der Waals surface area contributed by atoms with Gasteiger partial charge in [-0.1, -0.05) is 197 Å². The molecule has 1 aliphatic rings. The summed E-state index contributed by atoms with van der Waals surface area (Å²) >= 11 is 0. The lowest BCUT2D eigenvalue weighted by Gasteiger charge is -2.40. The third-order valence-corrected chi connectivity index (χ3v) is 11.8. The number of unbranched alkanes of at least 4 members (excludes halogenated alkanes) is 4. The number of aliphatic hydroxyl groups is 2. The number of allylic oxidation sites excluding steroid dienone is 28. The molecule has 12 heteroatoms. The Bertz CT molecular complexity index is 2020. The molecule has 6 atom stereocenters. The number of carboxylic acid groups (broad SMARTS) is 1. The SMILES string of the molecule is CC/C=C\C/C=C\C/C=C\C/C=C\C/C=C\C/C=C\CCC(=O)OCC(COC1OC(C(=O)O)C(O)C(O)C1OC(=O)CCCCC/C=C\C/C=C\C/C=C\CC)OC(=O)CCC/C=C\C/C=C\C/C=C\C/C=C\C/C=C\CC. The van der Waals surface area contributed by atoms with Crippen LogP contribution in [0.4, 0.5) is 0 Å². The number of carbonyl (C=O) groups excluding carboxylic acids is 3. The number of hydrogen-bond acceptors (Lipinski definition) is 11. The zero-order valence-corrected chi connectivity index (χ0v) is 48.0. The molecular formula is C67H98O12. The standard InChI is InChI=1S/C67H98O12/c1-4-7-10-13-16-19-22-25-27-29-30-32-33-36-38-41-44-47-50-53-59(68)75-56-58(77-60(69)54-51-48-45-42-40-37-34-31-28-26-23-20-17-14-11-8-5-2)57-76-67-65(63(72)62(71)64(79-67)66(73)74)78-61(70)55-52-49-46-43-39-35-24-21-18-15-12-9-6-3/h7-12,16-21,25-28,30,32,34-39,42,44-45,47,58,62-65,67,71-72H,4-6,13-15,22-24,29,31,33,40-41,43,46,48-57H2,1-3H3,(H,73,74)/b10-7-,11-8-,12-9-,19-16-,20-17-,21-18-,27-25-,28-26-,32-30-,37-34-,38-36-,39-35-,45-42-,47-44-. The second kappa shape index (κ2) is 52.8. The average molecular weight is 1100 g/mol. The Morgan fingerprint density at radius 1 is 0.418 bits per heavy atom. The summed E-state index contributed by atoms with van der Waals surface area (Å²) in [4.78, 5) is 51.1. The Kier molecular flexibility index (Phi) is 47.5. The molecule has 1 fully saturated rings. The Balaban J connectivity index is 2.82. The van der Waals surface area contributed by atoms with Gasteiger partial charge in [0.15, 0.2) is 24.6 Å². The van der Waals surface area contributed by atoms with Gasteiger partial charge in [0.1, 0.15) is 18.8 Å². The summed E-state index contributed by atoms with van der Waals surface area (Å²) in [7, 11) is 0. The van der Waals surface area contributed by atoms with E-state index in [1.165, 1.54) is 0 Å². The maximum atomic E-state index is 13.1. The second-order valence-electron chi connectivity index (χ2n) is 18.8. The maximum absolute atomic E-state index is 13.1. The van der Waals surface area contributed by atoms with Crippen LogP contribution in [0.3, 0.4) is 0 Å². The van der Waals surface area contributed by atoms with E-state index in [1.54, 1.807) is 0 Å². The molecule has 1 heterocycles. The minimum absolute atomic E-state index is 0.000502. The molecule has 1 rings (SSSR count). The van der Waals surface area contributed by atoms with E-state index in [1.807, 2.05) is 24.3 Å². The fourth-order valence-electron chi connectivity index (χ4n) is 7.44. The van der Waals surface area contributed by atoms with E-state index in [4.69, 9.17) is 23.7 Å². The number of aliphatic carboxylic acids is 1. The zero-order chi connectivity index (χ0) is 57.5. The molecule has 1 saturated heterocycles. The molecular weight excluding hydrogens is 997 g/mol. The molecule has 0 radical (unpaired) electrons. The van der Waals surface area contributed by atoms with Gasteiger partial charge in [0, 0.05) is 19.3 Å². The van der Waals surface area contributed by atoms with E-state index >= 15 is 0 Å². The summed E-state index contributed by atoms with van der Waals surface area (Å²) in [5.74, 6) is -3.39. The van der Waals surface area contributed by atoms with Crippen molar-refractivity contribution in [1.82, 2.24) is 0 Å². The monoisotopic (exact) mass is 1090 g/mol. The van der Waals surface area contributed by atoms with E-state index in [9.17, 15) is 34.5 Å². The number of rotatable bonds is 46. The van der Waals surface area contributed by atoms with Crippen LogP contribution in [0.15, 0.2) is 170 Å². The third-order valence-electron chi connectivity index (χ3n) is 11.8. The van der Waals surface area contributed by atoms with Crippen LogP contribution >= 0.6 is 0 Å². The summed E-state index contributed by atoms with van der Waals surface area (Å²) in [6.45, 7) is 5.49. The predicted molar refractivity (Wildman–Crippen MR) is 321 cm³/mol. The molecule has 0 saturated carbocycles. The Morgan fingerprint density at radius 3 is 1.22 bits per heavy atom. The lowest BCUT2D eigenvalue weighted by Crippen LogP contribution is -2.61. The van der Waals surface area contributed by atoms with E-state index in [2.05, 4.69) is 167 Å². The van der Waals surface area contributed by atoms with Gasteiger partial charge in [0.2, 0.25) is 0 Å². The van der Waals surface area contributed by atoms with Gasteiger partial charge < -0.3 is 39.0 Å². The molecule has 12 nitrogen and oxygen atoms in total. The minimum Gasteiger partial charge on any atom is -0.479 e. The largest absolute Gasteiger partial charge is 0.479 e. The normalized spacial score (nSPS) is 19.1. The van der Waals surface area contributed by atoms with E-state index in [0.717, 1.165) is 103 Å². The van der Waals surface area contributed by atoms with Gasteiger partial charge in [-0.3, -0.25) is 14.4 Å². The first-order valence-electron chi connectivity index (χ1n) is 29.1. The van der Waals surface area contributed by atoms with E-state index in [-0.39, 0.29) is 19.3 Å². The van der Waals surface area contributed by atoms with Crippen molar-refractivity contribution in [3.63, 3.8) is 0 Å². The molecule has 1 aliphatic heterocycles. The first-order chi connectivity index (χ1) is 38.6. The topological polar surface area (TPSA) is 175 Å². The Labute approximate surface area is 475 Å². The number of ether oxygens (including phenoxy) is 5. The quantitative estimate of drug-likeness (QED) is 0.0228. The molecule has 0 aromatic carbocycles.